The highest BCUT2D eigenvalue weighted by Crippen LogP contribution is 2.28. The Hall–Kier alpha value is -2.70. The molecule has 0 heterocycles. The topological polar surface area (TPSA) is 55.8 Å². The minimum absolute atomic E-state index is 0.0480. The first kappa shape index (κ1) is 14.7. The van der Waals surface area contributed by atoms with E-state index in [0.717, 1.165) is 12.1 Å². The van der Waals surface area contributed by atoms with Crippen molar-refractivity contribution in [1.82, 2.24) is 0 Å². The molecule has 110 valence electrons. The lowest BCUT2D eigenvalue weighted by atomic mass is 10.2. The van der Waals surface area contributed by atoms with Gasteiger partial charge >= 0.3 is 12.3 Å². The van der Waals surface area contributed by atoms with Crippen molar-refractivity contribution in [3.63, 3.8) is 0 Å². The summed E-state index contributed by atoms with van der Waals surface area (Å²) in [7, 11) is 0. The molecule has 0 unspecified atom stereocenters. The molecule has 0 aliphatic heterocycles. The van der Waals surface area contributed by atoms with Crippen LogP contribution in [-0.2, 0) is 0 Å². The maximum atomic E-state index is 12.0. The van der Waals surface area contributed by atoms with E-state index < -0.39 is 12.3 Å². The molecular formula is C14H9F3O4. The van der Waals surface area contributed by atoms with Crippen molar-refractivity contribution in [2.24, 2.45) is 0 Å². The van der Waals surface area contributed by atoms with E-state index >= 15 is 0 Å². The Labute approximate surface area is 117 Å². The van der Waals surface area contributed by atoms with Crippen LogP contribution < -0.4 is 9.47 Å². The van der Waals surface area contributed by atoms with E-state index in [-0.39, 0.29) is 22.8 Å². The Morgan fingerprint density at radius 3 is 2.10 bits per heavy atom. The molecule has 0 saturated heterocycles. The smallest absolute Gasteiger partial charge is 0.478 e. The normalized spacial score (nSPS) is 11.0. The first-order valence-electron chi connectivity index (χ1n) is 5.71. The van der Waals surface area contributed by atoms with Crippen LogP contribution in [0.5, 0.6) is 17.2 Å². The van der Waals surface area contributed by atoms with Crippen LogP contribution in [0, 0.1) is 0 Å². The molecule has 0 saturated carbocycles. The summed E-state index contributed by atoms with van der Waals surface area (Å²) in [5.74, 6) is -1.27. The molecule has 0 aliphatic rings. The fourth-order valence-electron chi connectivity index (χ4n) is 1.57. The van der Waals surface area contributed by atoms with Crippen LogP contribution in [0.1, 0.15) is 10.4 Å². The summed E-state index contributed by atoms with van der Waals surface area (Å²) in [6.07, 6.45) is -4.77. The van der Waals surface area contributed by atoms with Gasteiger partial charge in [-0.2, -0.15) is 0 Å². The van der Waals surface area contributed by atoms with Crippen LogP contribution in [0.25, 0.3) is 0 Å². The zero-order valence-corrected chi connectivity index (χ0v) is 10.4. The van der Waals surface area contributed by atoms with Gasteiger partial charge in [0.2, 0.25) is 0 Å². The third kappa shape index (κ3) is 4.13. The minimum atomic E-state index is -4.77. The fraction of sp³-hybridized carbons (Fsp3) is 0.0714. The lowest BCUT2D eigenvalue weighted by Crippen LogP contribution is -2.16. The van der Waals surface area contributed by atoms with Gasteiger partial charge in [0.25, 0.3) is 0 Å². The van der Waals surface area contributed by atoms with E-state index in [2.05, 4.69) is 4.74 Å². The van der Waals surface area contributed by atoms with Crippen molar-refractivity contribution in [3.8, 4) is 17.2 Å². The highest BCUT2D eigenvalue weighted by molar-refractivity contribution is 5.90. The summed E-state index contributed by atoms with van der Waals surface area (Å²) in [6.45, 7) is 0. The second kappa shape index (κ2) is 5.74. The average Bonchev–Trinajstić information content (AvgIpc) is 2.40. The number of benzene rings is 2. The predicted octanol–water partition coefficient (Wildman–Crippen LogP) is 4.08. The molecule has 1 N–H and O–H groups in total. The monoisotopic (exact) mass is 298 g/mol. The SMILES string of the molecule is O=C(O)c1ccccc1Oc1ccc(OC(F)(F)F)cc1. The molecule has 0 amide bonds. The van der Waals surface area contributed by atoms with Crippen molar-refractivity contribution in [1.29, 1.82) is 0 Å². The van der Waals surface area contributed by atoms with Gasteiger partial charge in [0.05, 0.1) is 0 Å². The van der Waals surface area contributed by atoms with Crippen LogP contribution in [0.15, 0.2) is 48.5 Å². The number of carboxylic acids is 1. The van der Waals surface area contributed by atoms with E-state index in [9.17, 15) is 18.0 Å². The van der Waals surface area contributed by atoms with Crippen LogP contribution in [0.4, 0.5) is 13.2 Å². The van der Waals surface area contributed by atoms with Gasteiger partial charge in [0.15, 0.2) is 0 Å². The summed E-state index contributed by atoms with van der Waals surface area (Å²) in [6, 6.07) is 10.6. The summed E-state index contributed by atoms with van der Waals surface area (Å²) < 4.78 is 45.1. The molecular weight excluding hydrogens is 289 g/mol. The van der Waals surface area contributed by atoms with Crippen molar-refractivity contribution in [2.75, 3.05) is 0 Å². The molecule has 0 radical (unpaired) electrons. The van der Waals surface area contributed by atoms with Crippen LogP contribution in [0.2, 0.25) is 0 Å². The zero-order valence-electron chi connectivity index (χ0n) is 10.4. The predicted molar refractivity (Wildman–Crippen MR) is 66.6 cm³/mol. The number of carbonyl (C=O) groups is 1. The number of ether oxygens (including phenoxy) is 2. The van der Waals surface area contributed by atoms with Gasteiger partial charge in [0, 0.05) is 0 Å². The van der Waals surface area contributed by atoms with E-state index in [1.54, 1.807) is 6.07 Å². The summed E-state index contributed by atoms with van der Waals surface area (Å²) in [5, 5.41) is 8.99. The minimum Gasteiger partial charge on any atom is -0.478 e. The molecule has 0 spiro atoms. The van der Waals surface area contributed by atoms with Gasteiger partial charge in [-0.05, 0) is 36.4 Å². The first-order chi connectivity index (χ1) is 9.85. The van der Waals surface area contributed by atoms with Gasteiger partial charge in [-0.1, -0.05) is 12.1 Å². The number of para-hydroxylation sites is 1. The molecule has 0 aliphatic carbocycles. The molecule has 0 bridgehead atoms. The van der Waals surface area contributed by atoms with Gasteiger partial charge in [-0.25, -0.2) is 4.79 Å². The van der Waals surface area contributed by atoms with Crippen molar-refractivity contribution >= 4 is 5.97 Å². The van der Waals surface area contributed by atoms with Crippen LogP contribution in [0.3, 0.4) is 0 Å². The zero-order chi connectivity index (χ0) is 15.5. The fourth-order valence-corrected chi connectivity index (χ4v) is 1.57. The molecule has 0 atom stereocenters. The van der Waals surface area contributed by atoms with Crippen LogP contribution >= 0.6 is 0 Å². The second-order valence-corrected chi connectivity index (χ2v) is 3.92. The van der Waals surface area contributed by atoms with Gasteiger partial charge in [-0.15, -0.1) is 13.2 Å². The Morgan fingerprint density at radius 1 is 0.952 bits per heavy atom. The maximum absolute atomic E-state index is 12.0. The van der Waals surface area contributed by atoms with E-state index in [0.29, 0.717) is 0 Å². The van der Waals surface area contributed by atoms with Crippen molar-refractivity contribution < 1.29 is 32.5 Å². The molecule has 21 heavy (non-hydrogen) atoms. The van der Waals surface area contributed by atoms with E-state index in [4.69, 9.17) is 9.84 Å². The average molecular weight is 298 g/mol. The number of aromatic carboxylic acids is 1. The Bertz CT molecular complexity index is 635. The molecule has 2 rings (SSSR count). The number of alkyl halides is 3. The maximum Gasteiger partial charge on any atom is 0.573 e. The lowest BCUT2D eigenvalue weighted by molar-refractivity contribution is -0.274. The Kier molecular flexibility index (Phi) is 4.02. The van der Waals surface area contributed by atoms with E-state index in [1.165, 1.54) is 30.3 Å². The van der Waals surface area contributed by atoms with Gasteiger partial charge in [-0.3, -0.25) is 0 Å². The quantitative estimate of drug-likeness (QED) is 0.924. The lowest BCUT2D eigenvalue weighted by Gasteiger charge is -2.11. The number of carboxylic acid groups (broad SMARTS) is 1. The number of hydrogen-bond donors (Lipinski definition) is 1. The van der Waals surface area contributed by atoms with Crippen molar-refractivity contribution in [2.45, 2.75) is 6.36 Å². The molecule has 2 aromatic rings. The second-order valence-electron chi connectivity index (χ2n) is 3.92. The highest BCUT2D eigenvalue weighted by atomic mass is 19.4. The number of hydrogen-bond acceptors (Lipinski definition) is 3. The molecule has 0 fully saturated rings. The molecule has 4 nitrogen and oxygen atoms in total. The molecule has 7 heteroatoms. The van der Waals surface area contributed by atoms with Crippen LogP contribution in [-0.4, -0.2) is 17.4 Å². The highest BCUT2D eigenvalue weighted by Gasteiger charge is 2.31. The Morgan fingerprint density at radius 2 is 1.52 bits per heavy atom. The first-order valence-corrected chi connectivity index (χ1v) is 5.71. The molecule has 2 aromatic carbocycles. The summed E-state index contributed by atoms with van der Waals surface area (Å²) >= 11 is 0. The molecule has 0 aromatic heterocycles. The number of rotatable bonds is 4. The Balaban J connectivity index is 2.16. The van der Waals surface area contributed by atoms with Crippen molar-refractivity contribution in [3.05, 3.63) is 54.1 Å². The summed E-state index contributed by atoms with van der Waals surface area (Å²) in [5.41, 5.74) is -0.0480. The van der Waals surface area contributed by atoms with E-state index in [1.807, 2.05) is 0 Å². The summed E-state index contributed by atoms with van der Waals surface area (Å²) in [4.78, 5) is 11.0. The largest absolute Gasteiger partial charge is 0.573 e. The number of halogens is 3. The third-order valence-electron chi connectivity index (χ3n) is 2.40. The third-order valence-corrected chi connectivity index (χ3v) is 2.40. The standard InChI is InChI=1S/C14H9F3O4/c15-14(16,17)21-10-7-5-9(6-8-10)20-12-4-2-1-3-11(12)13(18)19/h1-8H,(H,18,19). The van der Waals surface area contributed by atoms with Gasteiger partial charge < -0.3 is 14.6 Å². The van der Waals surface area contributed by atoms with Gasteiger partial charge in [0.1, 0.15) is 22.8 Å².